The van der Waals surface area contributed by atoms with Crippen LogP contribution >= 0.6 is 0 Å². The third-order valence-corrected chi connectivity index (χ3v) is 3.68. The molecule has 2 aliphatic heterocycles. The summed E-state index contributed by atoms with van der Waals surface area (Å²) in [5, 5.41) is 0. The molecule has 0 radical (unpaired) electrons. The van der Waals surface area contributed by atoms with E-state index in [1.807, 2.05) is 0 Å². The van der Waals surface area contributed by atoms with Gasteiger partial charge in [-0.2, -0.15) is 0 Å². The Balaban J connectivity index is 1.46. The van der Waals surface area contributed by atoms with E-state index < -0.39 is 0 Å². The first kappa shape index (κ1) is 14.1. The standard InChI is InChI=1S/C14H19N3O4/c18-14(21-11-3-7-19-8-4-11)17-6-2-12(9-17)20-13-1-5-15-10-16-13/h1,5,10-12H,2-4,6-9H2/t12-/m0/s1. The zero-order chi connectivity index (χ0) is 14.5. The van der Waals surface area contributed by atoms with Crippen LogP contribution in [-0.2, 0) is 9.47 Å². The van der Waals surface area contributed by atoms with Crippen LogP contribution in [0.1, 0.15) is 19.3 Å². The minimum Gasteiger partial charge on any atom is -0.472 e. The molecule has 0 N–H and O–H groups in total. The van der Waals surface area contributed by atoms with Crippen LogP contribution < -0.4 is 4.74 Å². The van der Waals surface area contributed by atoms with Gasteiger partial charge in [-0.05, 0) is 0 Å². The van der Waals surface area contributed by atoms with Crippen molar-refractivity contribution < 1.29 is 19.0 Å². The topological polar surface area (TPSA) is 73.8 Å². The summed E-state index contributed by atoms with van der Waals surface area (Å²) in [6.45, 7) is 2.51. The summed E-state index contributed by atoms with van der Waals surface area (Å²) in [6, 6.07) is 1.71. The van der Waals surface area contributed by atoms with E-state index in [9.17, 15) is 4.79 Å². The third kappa shape index (κ3) is 3.81. The Morgan fingerprint density at radius 1 is 1.29 bits per heavy atom. The molecule has 7 nitrogen and oxygen atoms in total. The first-order chi connectivity index (χ1) is 10.3. The maximum absolute atomic E-state index is 12.1. The van der Waals surface area contributed by atoms with Crippen LogP contribution in [0.5, 0.6) is 5.88 Å². The predicted octanol–water partition coefficient (Wildman–Crippen LogP) is 1.25. The van der Waals surface area contributed by atoms with Gasteiger partial charge < -0.3 is 19.1 Å². The van der Waals surface area contributed by atoms with Crippen molar-refractivity contribution in [2.24, 2.45) is 0 Å². The largest absolute Gasteiger partial charge is 0.472 e. The van der Waals surface area contributed by atoms with Crippen molar-refractivity contribution in [1.82, 2.24) is 14.9 Å². The lowest BCUT2D eigenvalue weighted by Crippen LogP contribution is -2.36. The van der Waals surface area contributed by atoms with Gasteiger partial charge in [0.1, 0.15) is 18.5 Å². The number of hydrogen-bond acceptors (Lipinski definition) is 6. The van der Waals surface area contributed by atoms with E-state index in [0.717, 1.165) is 19.3 Å². The van der Waals surface area contributed by atoms with E-state index in [-0.39, 0.29) is 18.3 Å². The molecule has 0 aliphatic carbocycles. The average molecular weight is 293 g/mol. The van der Waals surface area contributed by atoms with Gasteiger partial charge in [0.25, 0.3) is 0 Å². The van der Waals surface area contributed by atoms with Crippen LogP contribution in [0.3, 0.4) is 0 Å². The summed E-state index contributed by atoms with van der Waals surface area (Å²) in [5.41, 5.74) is 0. The minimum atomic E-state index is -0.254. The number of carbonyl (C=O) groups excluding carboxylic acids is 1. The molecule has 0 saturated carbocycles. The summed E-state index contributed by atoms with van der Waals surface area (Å²) >= 11 is 0. The molecule has 7 heteroatoms. The molecule has 3 heterocycles. The van der Waals surface area contributed by atoms with E-state index in [1.54, 1.807) is 17.2 Å². The van der Waals surface area contributed by atoms with Gasteiger partial charge in [-0.15, -0.1) is 0 Å². The zero-order valence-corrected chi connectivity index (χ0v) is 11.8. The highest BCUT2D eigenvalue weighted by Gasteiger charge is 2.30. The lowest BCUT2D eigenvalue weighted by Gasteiger charge is -2.25. The molecular formula is C14H19N3O4. The first-order valence-electron chi connectivity index (χ1n) is 7.27. The van der Waals surface area contributed by atoms with Gasteiger partial charge in [0.15, 0.2) is 0 Å². The van der Waals surface area contributed by atoms with Crippen molar-refractivity contribution in [2.75, 3.05) is 26.3 Å². The van der Waals surface area contributed by atoms with Gasteiger partial charge in [0.05, 0.1) is 19.8 Å². The monoisotopic (exact) mass is 293 g/mol. The Labute approximate surface area is 123 Å². The maximum Gasteiger partial charge on any atom is 0.410 e. The van der Waals surface area contributed by atoms with E-state index in [2.05, 4.69) is 9.97 Å². The molecule has 1 atom stereocenters. The van der Waals surface area contributed by atoms with Crippen LogP contribution in [0, 0.1) is 0 Å². The molecule has 21 heavy (non-hydrogen) atoms. The summed E-state index contributed by atoms with van der Waals surface area (Å²) in [5.74, 6) is 0.537. The smallest absolute Gasteiger partial charge is 0.410 e. The molecule has 0 unspecified atom stereocenters. The van der Waals surface area contributed by atoms with Crippen molar-refractivity contribution in [1.29, 1.82) is 0 Å². The number of rotatable bonds is 3. The zero-order valence-electron chi connectivity index (χ0n) is 11.8. The van der Waals surface area contributed by atoms with E-state index >= 15 is 0 Å². The molecule has 1 aromatic rings. The molecule has 2 fully saturated rings. The first-order valence-corrected chi connectivity index (χ1v) is 7.27. The highest BCUT2D eigenvalue weighted by Crippen LogP contribution is 2.18. The van der Waals surface area contributed by atoms with Crippen molar-refractivity contribution in [3.05, 3.63) is 18.6 Å². The van der Waals surface area contributed by atoms with E-state index in [4.69, 9.17) is 14.2 Å². The molecule has 1 aromatic heterocycles. The third-order valence-electron chi connectivity index (χ3n) is 3.68. The molecule has 114 valence electrons. The Kier molecular flexibility index (Phi) is 4.49. The van der Waals surface area contributed by atoms with Gasteiger partial charge in [0, 0.05) is 38.1 Å². The van der Waals surface area contributed by atoms with Crippen LogP contribution in [0.2, 0.25) is 0 Å². The SMILES string of the molecule is O=C(OC1CCOCC1)N1CC[C@H](Oc2ccncn2)C1. The molecule has 2 saturated heterocycles. The quantitative estimate of drug-likeness (QED) is 0.835. The Morgan fingerprint density at radius 3 is 2.90 bits per heavy atom. The normalized spacial score (nSPS) is 23.0. The number of nitrogens with zero attached hydrogens (tertiary/aromatic N) is 3. The summed E-state index contributed by atoms with van der Waals surface area (Å²) < 4.78 is 16.5. The fraction of sp³-hybridized carbons (Fsp3) is 0.643. The number of aromatic nitrogens is 2. The Morgan fingerprint density at radius 2 is 2.14 bits per heavy atom. The van der Waals surface area contributed by atoms with Crippen molar-refractivity contribution in [2.45, 2.75) is 31.5 Å². The van der Waals surface area contributed by atoms with Crippen LogP contribution in [0.15, 0.2) is 18.6 Å². The van der Waals surface area contributed by atoms with Gasteiger partial charge in [-0.25, -0.2) is 14.8 Å². The van der Waals surface area contributed by atoms with Crippen LogP contribution in [-0.4, -0.2) is 59.5 Å². The predicted molar refractivity (Wildman–Crippen MR) is 73.0 cm³/mol. The fourth-order valence-electron chi connectivity index (χ4n) is 2.52. The average Bonchev–Trinajstić information content (AvgIpc) is 2.98. The molecule has 0 aromatic carbocycles. The lowest BCUT2D eigenvalue weighted by atomic mass is 10.2. The highest BCUT2D eigenvalue weighted by atomic mass is 16.6. The van der Waals surface area contributed by atoms with E-state index in [0.29, 0.717) is 32.2 Å². The summed E-state index contributed by atoms with van der Waals surface area (Å²) in [6.07, 6.45) is 5.11. The maximum atomic E-state index is 12.1. The second-order valence-corrected chi connectivity index (χ2v) is 5.22. The number of amides is 1. The Bertz CT molecular complexity index is 465. The van der Waals surface area contributed by atoms with Gasteiger partial charge in [-0.1, -0.05) is 0 Å². The van der Waals surface area contributed by atoms with Crippen LogP contribution in [0.25, 0.3) is 0 Å². The van der Waals surface area contributed by atoms with Gasteiger partial charge >= 0.3 is 6.09 Å². The van der Waals surface area contributed by atoms with Crippen molar-refractivity contribution in [3.63, 3.8) is 0 Å². The molecule has 0 bridgehead atoms. The van der Waals surface area contributed by atoms with Gasteiger partial charge in [0.2, 0.25) is 5.88 Å². The highest BCUT2D eigenvalue weighted by molar-refractivity contribution is 5.68. The van der Waals surface area contributed by atoms with Crippen molar-refractivity contribution >= 4 is 6.09 Å². The summed E-state index contributed by atoms with van der Waals surface area (Å²) in [7, 11) is 0. The van der Waals surface area contributed by atoms with Crippen LogP contribution in [0.4, 0.5) is 4.79 Å². The summed E-state index contributed by atoms with van der Waals surface area (Å²) in [4.78, 5) is 21.7. The Hall–Kier alpha value is -1.89. The lowest BCUT2D eigenvalue weighted by molar-refractivity contribution is -0.00898. The second kappa shape index (κ2) is 6.71. The second-order valence-electron chi connectivity index (χ2n) is 5.22. The van der Waals surface area contributed by atoms with E-state index in [1.165, 1.54) is 6.33 Å². The molecule has 1 amide bonds. The molecular weight excluding hydrogens is 274 g/mol. The number of hydrogen-bond donors (Lipinski definition) is 0. The number of likely N-dealkylation sites (tertiary alicyclic amines) is 1. The number of ether oxygens (including phenoxy) is 3. The molecule has 3 rings (SSSR count). The number of carbonyl (C=O) groups is 1. The molecule has 2 aliphatic rings. The van der Waals surface area contributed by atoms with Gasteiger partial charge in [-0.3, -0.25) is 0 Å². The van der Waals surface area contributed by atoms with Crippen molar-refractivity contribution in [3.8, 4) is 5.88 Å². The molecule has 0 spiro atoms. The fourth-order valence-corrected chi connectivity index (χ4v) is 2.52. The minimum absolute atomic E-state index is 0.0203.